The van der Waals surface area contributed by atoms with Gasteiger partial charge in [-0.2, -0.15) is 5.10 Å². The Hall–Kier alpha value is -1.33. The third kappa shape index (κ3) is 5.17. The van der Waals surface area contributed by atoms with E-state index in [-0.39, 0.29) is 0 Å². The zero-order valence-electron chi connectivity index (χ0n) is 13.0. The van der Waals surface area contributed by atoms with Crippen LogP contribution in [0.5, 0.6) is 0 Å². The maximum atomic E-state index is 4.33. The molecular formula is C16H24N4S. The third-order valence-corrected chi connectivity index (χ3v) is 4.56. The number of hydrogen-bond acceptors (Lipinski definition) is 4. The minimum Gasteiger partial charge on any atom is -0.313 e. The van der Waals surface area contributed by atoms with Gasteiger partial charge in [-0.3, -0.25) is 4.68 Å². The van der Waals surface area contributed by atoms with Gasteiger partial charge in [0, 0.05) is 30.2 Å². The zero-order chi connectivity index (χ0) is 15.1. The molecule has 0 radical (unpaired) electrons. The average molecular weight is 304 g/mol. The van der Waals surface area contributed by atoms with Crippen LogP contribution in [0, 0.1) is 6.92 Å². The molecule has 4 nitrogen and oxygen atoms in total. The van der Waals surface area contributed by atoms with Gasteiger partial charge in [0.1, 0.15) is 12.2 Å². The van der Waals surface area contributed by atoms with Crippen LogP contribution in [0.15, 0.2) is 35.5 Å². The summed E-state index contributed by atoms with van der Waals surface area (Å²) in [7, 11) is 1.95. The molecule has 114 valence electrons. The molecule has 5 heteroatoms. The van der Waals surface area contributed by atoms with Crippen molar-refractivity contribution >= 4 is 11.8 Å². The summed E-state index contributed by atoms with van der Waals surface area (Å²) in [6.07, 6.45) is 3.68. The van der Waals surface area contributed by atoms with Gasteiger partial charge in [-0.1, -0.05) is 24.6 Å². The minimum atomic E-state index is 0.416. The summed E-state index contributed by atoms with van der Waals surface area (Å²) in [5.74, 6) is 2.07. The lowest BCUT2D eigenvalue weighted by molar-refractivity contribution is 0.526. The molecule has 0 saturated heterocycles. The van der Waals surface area contributed by atoms with Crippen molar-refractivity contribution in [2.24, 2.45) is 7.05 Å². The molecule has 2 rings (SSSR count). The van der Waals surface area contributed by atoms with Gasteiger partial charge < -0.3 is 5.32 Å². The van der Waals surface area contributed by atoms with Gasteiger partial charge in [0.15, 0.2) is 0 Å². The number of benzene rings is 1. The molecule has 0 aliphatic heterocycles. The number of thioether (sulfide) groups is 1. The van der Waals surface area contributed by atoms with Crippen molar-refractivity contribution in [1.82, 2.24) is 20.1 Å². The summed E-state index contributed by atoms with van der Waals surface area (Å²) in [5.41, 5.74) is 1.30. The fourth-order valence-electron chi connectivity index (χ4n) is 2.10. The molecule has 1 atom stereocenters. The lowest BCUT2D eigenvalue weighted by atomic mass is 10.2. The predicted molar refractivity (Wildman–Crippen MR) is 88.7 cm³/mol. The Kier molecular flexibility index (Phi) is 6.26. The molecule has 1 aromatic heterocycles. The van der Waals surface area contributed by atoms with Gasteiger partial charge in [-0.25, -0.2) is 4.98 Å². The second-order valence-electron chi connectivity index (χ2n) is 5.28. The van der Waals surface area contributed by atoms with Crippen molar-refractivity contribution in [3.63, 3.8) is 0 Å². The highest BCUT2D eigenvalue weighted by Gasteiger charge is 2.12. The van der Waals surface area contributed by atoms with Crippen LogP contribution in [0.4, 0.5) is 0 Å². The van der Waals surface area contributed by atoms with Gasteiger partial charge >= 0.3 is 0 Å². The van der Waals surface area contributed by atoms with Gasteiger partial charge in [-0.05, 0) is 32.0 Å². The Balaban J connectivity index is 1.92. The van der Waals surface area contributed by atoms with Gasteiger partial charge in [0.2, 0.25) is 0 Å². The van der Waals surface area contributed by atoms with Crippen LogP contribution in [0.3, 0.4) is 0 Å². The SMILES string of the molecule is CCCNC(CSc1ccc(C)cc1)Cc1ncnn1C. The van der Waals surface area contributed by atoms with Crippen LogP contribution in [-0.4, -0.2) is 33.1 Å². The van der Waals surface area contributed by atoms with Crippen molar-refractivity contribution in [2.75, 3.05) is 12.3 Å². The first kappa shape index (κ1) is 16.0. The van der Waals surface area contributed by atoms with Crippen molar-refractivity contribution in [2.45, 2.75) is 37.6 Å². The number of hydrogen-bond donors (Lipinski definition) is 1. The van der Waals surface area contributed by atoms with Crippen LogP contribution in [-0.2, 0) is 13.5 Å². The predicted octanol–water partition coefficient (Wildman–Crippen LogP) is 2.83. The van der Waals surface area contributed by atoms with E-state index in [1.54, 1.807) is 6.33 Å². The van der Waals surface area contributed by atoms with E-state index in [1.165, 1.54) is 10.5 Å². The lowest BCUT2D eigenvalue weighted by Gasteiger charge is -2.17. The summed E-state index contributed by atoms with van der Waals surface area (Å²) < 4.78 is 1.86. The van der Waals surface area contributed by atoms with Crippen LogP contribution >= 0.6 is 11.8 Å². The van der Waals surface area contributed by atoms with E-state index in [4.69, 9.17) is 0 Å². The summed E-state index contributed by atoms with van der Waals surface area (Å²) in [6.45, 7) is 5.35. The molecule has 0 fully saturated rings. The zero-order valence-corrected chi connectivity index (χ0v) is 13.9. The maximum absolute atomic E-state index is 4.33. The average Bonchev–Trinajstić information content (AvgIpc) is 2.89. The monoisotopic (exact) mass is 304 g/mol. The van der Waals surface area contributed by atoms with Crippen LogP contribution < -0.4 is 5.32 Å². The Morgan fingerprint density at radius 2 is 2.05 bits per heavy atom. The highest BCUT2D eigenvalue weighted by molar-refractivity contribution is 7.99. The first-order chi connectivity index (χ1) is 10.2. The fourth-order valence-corrected chi connectivity index (χ4v) is 3.05. The van der Waals surface area contributed by atoms with E-state index < -0.39 is 0 Å². The first-order valence-corrected chi connectivity index (χ1v) is 8.43. The quantitative estimate of drug-likeness (QED) is 0.762. The van der Waals surface area contributed by atoms with Gasteiger partial charge in [-0.15, -0.1) is 11.8 Å². The molecule has 0 saturated carbocycles. The lowest BCUT2D eigenvalue weighted by Crippen LogP contribution is -2.34. The van der Waals surface area contributed by atoms with Crippen molar-refractivity contribution in [3.8, 4) is 0 Å². The van der Waals surface area contributed by atoms with E-state index in [2.05, 4.69) is 53.5 Å². The van der Waals surface area contributed by atoms with E-state index in [0.29, 0.717) is 6.04 Å². The summed E-state index contributed by atoms with van der Waals surface area (Å²) >= 11 is 1.90. The van der Waals surface area contributed by atoms with Crippen molar-refractivity contribution < 1.29 is 0 Å². The first-order valence-electron chi connectivity index (χ1n) is 7.44. The molecule has 1 heterocycles. The van der Waals surface area contributed by atoms with Crippen molar-refractivity contribution in [3.05, 3.63) is 42.0 Å². The second kappa shape index (κ2) is 8.20. The van der Waals surface area contributed by atoms with E-state index >= 15 is 0 Å². The molecule has 1 N–H and O–H groups in total. The van der Waals surface area contributed by atoms with Crippen molar-refractivity contribution in [1.29, 1.82) is 0 Å². The molecule has 21 heavy (non-hydrogen) atoms. The van der Waals surface area contributed by atoms with Gasteiger partial charge in [0.05, 0.1) is 0 Å². The highest BCUT2D eigenvalue weighted by Crippen LogP contribution is 2.20. The summed E-state index contributed by atoms with van der Waals surface area (Å²) in [5, 5.41) is 7.76. The van der Waals surface area contributed by atoms with Gasteiger partial charge in [0.25, 0.3) is 0 Å². The van der Waals surface area contributed by atoms with Crippen LogP contribution in [0.2, 0.25) is 0 Å². The Morgan fingerprint density at radius 1 is 1.29 bits per heavy atom. The third-order valence-electron chi connectivity index (χ3n) is 3.39. The van der Waals surface area contributed by atoms with E-state index in [9.17, 15) is 0 Å². The van der Waals surface area contributed by atoms with E-state index in [1.807, 2.05) is 23.5 Å². The number of nitrogens with zero attached hydrogens (tertiary/aromatic N) is 3. The Morgan fingerprint density at radius 3 is 2.67 bits per heavy atom. The fraction of sp³-hybridized carbons (Fsp3) is 0.500. The van der Waals surface area contributed by atoms with Crippen LogP contribution in [0.25, 0.3) is 0 Å². The molecule has 0 amide bonds. The normalized spacial score (nSPS) is 12.5. The molecule has 0 aliphatic rings. The Bertz CT molecular complexity index is 535. The molecular weight excluding hydrogens is 280 g/mol. The molecule has 0 bridgehead atoms. The molecule has 0 aliphatic carbocycles. The smallest absolute Gasteiger partial charge is 0.138 e. The maximum Gasteiger partial charge on any atom is 0.138 e. The number of aryl methyl sites for hydroxylation is 2. The molecule has 0 spiro atoms. The number of rotatable bonds is 8. The summed E-state index contributed by atoms with van der Waals surface area (Å²) in [6, 6.07) is 9.14. The molecule has 1 aromatic carbocycles. The highest BCUT2D eigenvalue weighted by atomic mass is 32.2. The van der Waals surface area contributed by atoms with E-state index in [0.717, 1.165) is 31.0 Å². The number of nitrogens with one attached hydrogen (secondary N) is 1. The largest absolute Gasteiger partial charge is 0.313 e. The topological polar surface area (TPSA) is 42.7 Å². The Labute approximate surface area is 131 Å². The second-order valence-corrected chi connectivity index (χ2v) is 6.37. The standard InChI is InChI=1S/C16H24N4S/c1-4-9-17-14(10-16-18-12-19-20(16)3)11-21-15-7-5-13(2)6-8-15/h5-8,12,14,17H,4,9-11H2,1-3H3. The molecule has 1 unspecified atom stereocenters. The summed E-state index contributed by atoms with van der Waals surface area (Å²) in [4.78, 5) is 5.65. The minimum absolute atomic E-state index is 0.416. The molecule has 2 aromatic rings. The van der Waals surface area contributed by atoms with Crippen LogP contribution in [0.1, 0.15) is 24.7 Å². The number of aromatic nitrogens is 3.